The zero-order chi connectivity index (χ0) is 13.1. The number of nitrogens with zero attached hydrogens (tertiary/aromatic N) is 2. The van der Waals surface area contributed by atoms with Crippen molar-refractivity contribution in [2.24, 2.45) is 0 Å². The van der Waals surface area contributed by atoms with Gasteiger partial charge in [-0.1, -0.05) is 30.0 Å². The Morgan fingerprint density at radius 3 is 3.00 bits per heavy atom. The van der Waals surface area contributed by atoms with E-state index in [4.69, 9.17) is 4.42 Å². The Balaban J connectivity index is 1.77. The topological polar surface area (TPSA) is 56.0 Å². The summed E-state index contributed by atoms with van der Waals surface area (Å²) < 4.78 is 5.36. The summed E-state index contributed by atoms with van der Waals surface area (Å²) in [5.41, 5.74) is 1.35. The van der Waals surface area contributed by atoms with Gasteiger partial charge in [-0.25, -0.2) is 4.98 Å². The van der Waals surface area contributed by atoms with Crippen LogP contribution in [-0.2, 0) is 0 Å². The zero-order valence-electron chi connectivity index (χ0n) is 9.95. The third-order valence-corrected chi connectivity index (χ3v) is 3.59. The average molecular weight is 270 g/mol. The van der Waals surface area contributed by atoms with Crippen LogP contribution in [0, 0.1) is 0 Å². The summed E-state index contributed by atoms with van der Waals surface area (Å²) in [6, 6.07) is 7.51. The molecule has 0 saturated carbocycles. The lowest BCUT2D eigenvalue weighted by atomic mass is 10.1. The van der Waals surface area contributed by atoms with E-state index in [0.717, 1.165) is 16.0 Å². The molecule has 5 heteroatoms. The van der Waals surface area contributed by atoms with Crippen molar-refractivity contribution in [3.63, 3.8) is 0 Å². The van der Waals surface area contributed by atoms with Crippen LogP contribution in [0.3, 0.4) is 0 Å². The number of hydrogen-bond acceptors (Lipinski definition) is 5. The summed E-state index contributed by atoms with van der Waals surface area (Å²) in [5.74, 6) is 0.350. The summed E-state index contributed by atoms with van der Waals surface area (Å²) >= 11 is 1.37. The Hall–Kier alpha value is -2.14. The fourth-order valence-corrected chi connectivity index (χ4v) is 2.48. The number of carbonyl (C=O) groups is 1. The molecule has 4 nitrogen and oxygen atoms in total. The van der Waals surface area contributed by atoms with E-state index in [1.807, 2.05) is 24.3 Å². The number of carbonyl (C=O) groups excluding carboxylic acids is 1. The van der Waals surface area contributed by atoms with E-state index in [9.17, 15) is 4.79 Å². The summed E-state index contributed by atoms with van der Waals surface area (Å²) in [6.07, 6.45) is 6.38. The Kier molecular flexibility index (Phi) is 3.29. The Labute approximate surface area is 113 Å². The SMILES string of the molecule is O=C(CSc1cnccn1)c1coc2ccccc12. The lowest BCUT2D eigenvalue weighted by Gasteiger charge is -1.98. The van der Waals surface area contributed by atoms with Gasteiger partial charge >= 0.3 is 0 Å². The van der Waals surface area contributed by atoms with E-state index in [0.29, 0.717) is 11.3 Å². The fourth-order valence-electron chi connectivity index (χ4n) is 1.77. The molecular formula is C14H10N2O2S. The third-order valence-electron chi connectivity index (χ3n) is 2.67. The fraction of sp³-hybridized carbons (Fsp3) is 0.0714. The van der Waals surface area contributed by atoms with Crippen molar-refractivity contribution in [2.75, 3.05) is 5.75 Å². The molecule has 1 aromatic carbocycles. The van der Waals surface area contributed by atoms with Crippen molar-refractivity contribution in [3.8, 4) is 0 Å². The Bertz CT molecular complexity index is 710. The molecule has 0 aliphatic carbocycles. The molecule has 3 aromatic rings. The predicted molar refractivity (Wildman–Crippen MR) is 73.3 cm³/mol. The minimum atomic E-state index is 0.0283. The van der Waals surface area contributed by atoms with Gasteiger partial charge in [-0.2, -0.15) is 0 Å². The number of hydrogen-bond donors (Lipinski definition) is 0. The van der Waals surface area contributed by atoms with Gasteiger partial charge in [-0.3, -0.25) is 9.78 Å². The number of furan rings is 1. The molecule has 0 aliphatic rings. The van der Waals surface area contributed by atoms with E-state index in [1.54, 1.807) is 18.6 Å². The molecule has 0 spiro atoms. The maximum atomic E-state index is 12.2. The Morgan fingerprint density at radius 1 is 1.26 bits per heavy atom. The molecule has 2 aromatic heterocycles. The molecule has 94 valence electrons. The minimum Gasteiger partial charge on any atom is -0.464 e. The van der Waals surface area contributed by atoms with Gasteiger partial charge in [-0.15, -0.1) is 0 Å². The maximum absolute atomic E-state index is 12.2. The number of thioether (sulfide) groups is 1. The van der Waals surface area contributed by atoms with Crippen molar-refractivity contribution in [1.82, 2.24) is 9.97 Å². The van der Waals surface area contributed by atoms with Crippen LogP contribution in [0.25, 0.3) is 11.0 Å². The first-order valence-electron chi connectivity index (χ1n) is 5.73. The molecule has 0 atom stereocenters. The lowest BCUT2D eigenvalue weighted by molar-refractivity contribution is 0.102. The first-order valence-corrected chi connectivity index (χ1v) is 6.71. The van der Waals surface area contributed by atoms with Gasteiger partial charge in [0.25, 0.3) is 0 Å². The summed E-state index contributed by atoms with van der Waals surface area (Å²) in [6.45, 7) is 0. The van der Waals surface area contributed by atoms with Gasteiger partial charge in [0, 0.05) is 17.8 Å². The standard InChI is InChI=1S/C14H10N2O2S/c17-12(9-19-14-7-15-5-6-16-14)11-8-18-13-4-2-1-3-10(11)13/h1-8H,9H2. The highest BCUT2D eigenvalue weighted by molar-refractivity contribution is 7.99. The molecule has 0 fully saturated rings. The summed E-state index contributed by atoms with van der Waals surface area (Å²) in [7, 11) is 0. The van der Waals surface area contributed by atoms with Crippen molar-refractivity contribution in [2.45, 2.75) is 5.03 Å². The van der Waals surface area contributed by atoms with E-state index in [2.05, 4.69) is 9.97 Å². The normalized spacial score (nSPS) is 10.7. The van der Waals surface area contributed by atoms with Crippen molar-refractivity contribution in [1.29, 1.82) is 0 Å². The van der Waals surface area contributed by atoms with E-state index in [-0.39, 0.29) is 5.78 Å². The molecule has 3 rings (SSSR count). The Morgan fingerprint density at radius 2 is 2.16 bits per heavy atom. The van der Waals surface area contributed by atoms with Crippen LogP contribution < -0.4 is 0 Å². The zero-order valence-corrected chi connectivity index (χ0v) is 10.8. The number of benzene rings is 1. The van der Waals surface area contributed by atoms with Crippen molar-refractivity contribution in [3.05, 3.63) is 54.7 Å². The van der Waals surface area contributed by atoms with Crippen LogP contribution in [0.1, 0.15) is 10.4 Å². The molecule has 0 N–H and O–H groups in total. The van der Waals surface area contributed by atoms with Gasteiger partial charge in [-0.05, 0) is 6.07 Å². The average Bonchev–Trinajstić information content (AvgIpc) is 2.90. The van der Waals surface area contributed by atoms with Crippen LogP contribution >= 0.6 is 11.8 Å². The van der Waals surface area contributed by atoms with Gasteiger partial charge in [0.05, 0.1) is 17.5 Å². The molecule has 0 bridgehead atoms. The van der Waals surface area contributed by atoms with Gasteiger partial charge in [0.2, 0.25) is 0 Å². The van der Waals surface area contributed by atoms with Gasteiger partial charge < -0.3 is 4.42 Å². The summed E-state index contributed by atoms with van der Waals surface area (Å²) in [5, 5.41) is 1.59. The molecule has 2 heterocycles. The number of Topliss-reactive ketones (excluding diaryl/α,β-unsaturated/α-hetero) is 1. The van der Waals surface area contributed by atoms with Crippen LogP contribution in [0.15, 0.2) is 58.6 Å². The molecule has 0 amide bonds. The molecular weight excluding hydrogens is 260 g/mol. The maximum Gasteiger partial charge on any atom is 0.176 e. The quantitative estimate of drug-likeness (QED) is 0.538. The smallest absolute Gasteiger partial charge is 0.176 e. The molecule has 19 heavy (non-hydrogen) atoms. The second-order valence-corrected chi connectivity index (χ2v) is 4.90. The highest BCUT2D eigenvalue weighted by Crippen LogP contribution is 2.23. The van der Waals surface area contributed by atoms with Crippen LogP contribution in [-0.4, -0.2) is 21.5 Å². The molecule has 0 unspecified atom stereocenters. The third kappa shape index (κ3) is 2.51. The van der Waals surface area contributed by atoms with E-state index >= 15 is 0 Å². The largest absolute Gasteiger partial charge is 0.464 e. The van der Waals surface area contributed by atoms with Crippen molar-refractivity contribution >= 4 is 28.5 Å². The molecule has 0 radical (unpaired) electrons. The molecule has 0 saturated heterocycles. The van der Waals surface area contributed by atoms with E-state index in [1.165, 1.54) is 18.0 Å². The molecule has 0 aliphatic heterocycles. The highest BCUT2D eigenvalue weighted by atomic mass is 32.2. The second-order valence-electron chi connectivity index (χ2n) is 3.90. The predicted octanol–water partition coefficient (Wildman–Crippen LogP) is 3.20. The summed E-state index contributed by atoms with van der Waals surface area (Å²) in [4.78, 5) is 20.2. The minimum absolute atomic E-state index is 0.0283. The number of rotatable bonds is 4. The second kappa shape index (κ2) is 5.24. The number of para-hydroxylation sites is 1. The monoisotopic (exact) mass is 270 g/mol. The van der Waals surface area contributed by atoms with Crippen LogP contribution in [0.5, 0.6) is 0 Å². The number of ketones is 1. The van der Waals surface area contributed by atoms with E-state index < -0.39 is 0 Å². The lowest BCUT2D eigenvalue weighted by Crippen LogP contribution is -2.01. The van der Waals surface area contributed by atoms with Crippen LogP contribution in [0.4, 0.5) is 0 Å². The van der Waals surface area contributed by atoms with Crippen LogP contribution in [0.2, 0.25) is 0 Å². The highest BCUT2D eigenvalue weighted by Gasteiger charge is 2.13. The number of fused-ring (bicyclic) bond motifs is 1. The first kappa shape index (κ1) is 11.9. The van der Waals surface area contributed by atoms with Crippen molar-refractivity contribution < 1.29 is 9.21 Å². The van der Waals surface area contributed by atoms with Gasteiger partial charge in [0.1, 0.15) is 16.9 Å². The van der Waals surface area contributed by atoms with Gasteiger partial charge in [0.15, 0.2) is 5.78 Å². The first-order chi connectivity index (χ1) is 9.34. The number of aromatic nitrogens is 2.